The highest BCUT2D eigenvalue weighted by molar-refractivity contribution is 14.0. The topological polar surface area (TPSA) is 52.1 Å². The van der Waals surface area contributed by atoms with Crippen LogP contribution in [0.25, 0.3) is 0 Å². The second-order valence-corrected chi connectivity index (χ2v) is 6.08. The third-order valence-corrected chi connectivity index (χ3v) is 4.23. The molecule has 1 fully saturated rings. The van der Waals surface area contributed by atoms with E-state index in [2.05, 4.69) is 48.1 Å². The van der Waals surface area contributed by atoms with Gasteiger partial charge >= 0.3 is 0 Å². The van der Waals surface area contributed by atoms with E-state index in [4.69, 9.17) is 9.73 Å². The summed E-state index contributed by atoms with van der Waals surface area (Å²) in [5.74, 6) is 0.931. The third-order valence-electron chi connectivity index (χ3n) is 4.23. The molecular formula is C17H38IN5O. The van der Waals surface area contributed by atoms with Crippen LogP contribution in [0.2, 0.25) is 0 Å². The smallest absolute Gasteiger partial charge is 0.191 e. The van der Waals surface area contributed by atoms with Gasteiger partial charge in [-0.15, -0.1) is 24.0 Å². The van der Waals surface area contributed by atoms with Crippen LogP contribution >= 0.6 is 24.0 Å². The highest BCUT2D eigenvalue weighted by Crippen LogP contribution is 2.03. The average molecular weight is 455 g/mol. The fraction of sp³-hybridized carbons (Fsp3) is 0.941. The lowest BCUT2D eigenvalue weighted by molar-refractivity contribution is 0.0220. The van der Waals surface area contributed by atoms with Gasteiger partial charge in [0.1, 0.15) is 0 Å². The molecule has 1 saturated heterocycles. The van der Waals surface area contributed by atoms with Crippen LogP contribution < -0.4 is 10.6 Å². The molecule has 1 aliphatic rings. The summed E-state index contributed by atoms with van der Waals surface area (Å²) in [6.07, 6.45) is 1.21. The molecule has 6 nitrogen and oxygen atoms in total. The van der Waals surface area contributed by atoms with Crippen LogP contribution in [0.3, 0.4) is 0 Å². The summed E-state index contributed by atoms with van der Waals surface area (Å²) in [6.45, 7) is 18.5. The number of rotatable bonds is 10. The van der Waals surface area contributed by atoms with E-state index in [9.17, 15) is 0 Å². The second-order valence-electron chi connectivity index (χ2n) is 6.08. The lowest BCUT2D eigenvalue weighted by Crippen LogP contribution is -2.45. The molecule has 7 heteroatoms. The Morgan fingerprint density at radius 1 is 1.17 bits per heavy atom. The van der Waals surface area contributed by atoms with Gasteiger partial charge in [-0.3, -0.25) is 9.89 Å². The largest absolute Gasteiger partial charge is 0.379 e. The van der Waals surface area contributed by atoms with Gasteiger partial charge in [0.05, 0.1) is 19.8 Å². The van der Waals surface area contributed by atoms with Crippen molar-refractivity contribution in [3.8, 4) is 0 Å². The maximum absolute atomic E-state index is 5.41. The molecule has 1 atom stereocenters. The average Bonchev–Trinajstić information content (AvgIpc) is 2.59. The minimum absolute atomic E-state index is 0. The van der Waals surface area contributed by atoms with E-state index in [0.29, 0.717) is 6.04 Å². The van der Waals surface area contributed by atoms with Gasteiger partial charge in [-0.05, 0) is 33.4 Å². The van der Waals surface area contributed by atoms with Crippen molar-refractivity contribution in [1.82, 2.24) is 20.4 Å². The summed E-state index contributed by atoms with van der Waals surface area (Å²) in [5.41, 5.74) is 0. The molecule has 1 heterocycles. The summed E-state index contributed by atoms with van der Waals surface area (Å²) in [7, 11) is 0. The van der Waals surface area contributed by atoms with Crippen molar-refractivity contribution >= 4 is 29.9 Å². The van der Waals surface area contributed by atoms with Crippen LogP contribution in [0.4, 0.5) is 0 Å². The first kappa shape index (κ1) is 23.9. The Morgan fingerprint density at radius 2 is 1.88 bits per heavy atom. The maximum atomic E-state index is 5.41. The normalized spacial score (nSPS) is 17.5. The van der Waals surface area contributed by atoms with Crippen LogP contribution in [-0.4, -0.2) is 87.4 Å². The molecule has 0 aromatic carbocycles. The quantitative estimate of drug-likeness (QED) is 0.298. The Morgan fingerprint density at radius 3 is 2.46 bits per heavy atom. The first-order chi connectivity index (χ1) is 11.2. The zero-order chi connectivity index (χ0) is 16.9. The monoisotopic (exact) mass is 455 g/mol. The molecule has 0 bridgehead atoms. The molecule has 0 spiro atoms. The molecule has 0 radical (unpaired) electrons. The Balaban J connectivity index is 0.00000529. The molecule has 0 aliphatic carbocycles. The van der Waals surface area contributed by atoms with E-state index in [-0.39, 0.29) is 24.0 Å². The standard InChI is InChI=1S/C17H37N5O.HI/c1-5-9-21(7-3)10-8-19-17(18-6-2)20-15-16(4)22-11-13-23-14-12-22;/h16H,5-15H2,1-4H3,(H2,18,19,20);1H. The van der Waals surface area contributed by atoms with E-state index in [0.717, 1.165) is 65.0 Å². The SMILES string of the molecule is CCCN(CC)CCNC(=NCC(C)N1CCOCC1)NCC.I. The van der Waals surface area contributed by atoms with Gasteiger partial charge in [0.2, 0.25) is 0 Å². The van der Waals surface area contributed by atoms with E-state index in [1.54, 1.807) is 0 Å². The number of morpholine rings is 1. The number of nitrogens with zero attached hydrogens (tertiary/aromatic N) is 3. The number of hydrogen-bond acceptors (Lipinski definition) is 4. The number of likely N-dealkylation sites (N-methyl/N-ethyl adjacent to an activating group) is 1. The summed E-state index contributed by atoms with van der Waals surface area (Å²) in [6, 6.07) is 0.460. The van der Waals surface area contributed by atoms with E-state index < -0.39 is 0 Å². The molecule has 1 unspecified atom stereocenters. The van der Waals surface area contributed by atoms with Gasteiger partial charge in [-0.25, -0.2) is 0 Å². The van der Waals surface area contributed by atoms with Gasteiger partial charge < -0.3 is 20.3 Å². The van der Waals surface area contributed by atoms with Crippen LogP contribution in [0.5, 0.6) is 0 Å². The molecule has 0 amide bonds. The van der Waals surface area contributed by atoms with Crippen molar-refractivity contribution < 1.29 is 4.74 Å². The summed E-state index contributed by atoms with van der Waals surface area (Å²) < 4.78 is 5.41. The maximum Gasteiger partial charge on any atom is 0.191 e. The van der Waals surface area contributed by atoms with Crippen molar-refractivity contribution in [3.05, 3.63) is 0 Å². The Labute approximate surface area is 165 Å². The molecule has 0 saturated carbocycles. The van der Waals surface area contributed by atoms with Gasteiger partial charge in [0.25, 0.3) is 0 Å². The molecule has 1 rings (SSSR count). The van der Waals surface area contributed by atoms with Gasteiger partial charge in [0.15, 0.2) is 5.96 Å². The number of guanidine groups is 1. The van der Waals surface area contributed by atoms with Crippen molar-refractivity contribution in [1.29, 1.82) is 0 Å². The van der Waals surface area contributed by atoms with Gasteiger partial charge in [-0.1, -0.05) is 13.8 Å². The minimum atomic E-state index is 0. The molecule has 144 valence electrons. The lowest BCUT2D eigenvalue weighted by Gasteiger charge is -2.31. The fourth-order valence-corrected chi connectivity index (χ4v) is 2.78. The highest BCUT2D eigenvalue weighted by Gasteiger charge is 2.16. The van der Waals surface area contributed by atoms with Crippen LogP contribution in [0, 0.1) is 0 Å². The Hall–Kier alpha value is -0.120. The van der Waals surface area contributed by atoms with Crippen molar-refractivity contribution in [2.45, 2.75) is 40.2 Å². The second kappa shape index (κ2) is 15.2. The van der Waals surface area contributed by atoms with E-state index >= 15 is 0 Å². The number of hydrogen-bond donors (Lipinski definition) is 2. The number of ether oxygens (including phenoxy) is 1. The zero-order valence-electron chi connectivity index (χ0n) is 16.0. The first-order valence-electron chi connectivity index (χ1n) is 9.27. The Kier molecular flexibility index (Phi) is 15.1. The van der Waals surface area contributed by atoms with E-state index in [1.807, 2.05) is 0 Å². The number of aliphatic imine (C=N–C) groups is 1. The fourth-order valence-electron chi connectivity index (χ4n) is 2.78. The van der Waals surface area contributed by atoms with Crippen molar-refractivity contribution in [3.63, 3.8) is 0 Å². The van der Waals surface area contributed by atoms with Gasteiger partial charge in [-0.2, -0.15) is 0 Å². The molecule has 2 N–H and O–H groups in total. The number of nitrogens with one attached hydrogen (secondary N) is 2. The Bertz CT molecular complexity index is 324. The highest BCUT2D eigenvalue weighted by atomic mass is 127. The predicted octanol–water partition coefficient (Wildman–Crippen LogP) is 1.61. The first-order valence-corrected chi connectivity index (χ1v) is 9.27. The van der Waals surface area contributed by atoms with Crippen molar-refractivity contribution in [2.75, 3.05) is 65.6 Å². The molecule has 24 heavy (non-hydrogen) atoms. The minimum Gasteiger partial charge on any atom is -0.379 e. The molecule has 0 aromatic rings. The van der Waals surface area contributed by atoms with Crippen molar-refractivity contribution in [2.24, 2.45) is 4.99 Å². The molecule has 0 aromatic heterocycles. The van der Waals surface area contributed by atoms with Crippen LogP contribution in [0.1, 0.15) is 34.1 Å². The van der Waals surface area contributed by atoms with Crippen LogP contribution in [-0.2, 0) is 4.74 Å². The zero-order valence-corrected chi connectivity index (χ0v) is 18.3. The number of halogens is 1. The lowest BCUT2D eigenvalue weighted by atomic mass is 10.2. The third kappa shape index (κ3) is 10.0. The van der Waals surface area contributed by atoms with E-state index in [1.165, 1.54) is 13.0 Å². The summed E-state index contributed by atoms with van der Waals surface area (Å²) in [4.78, 5) is 9.67. The van der Waals surface area contributed by atoms with Crippen LogP contribution in [0.15, 0.2) is 4.99 Å². The van der Waals surface area contributed by atoms with Gasteiger partial charge in [0, 0.05) is 38.8 Å². The molecular weight excluding hydrogens is 417 g/mol. The molecule has 1 aliphatic heterocycles. The predicted molar refractivity (Wildman–Crippen MR) is 114 cm³/mol. The summed E-state index contributed by atoms with van der Waals surface area (Å²) >= 11 is 0. The summed E-state index contributed by atoms with van der Waals surface area (Å²) in [5, 5.41) is 6.80.